The van der Waals surface area contributed by atoms with Crippen molar-refractivity contribution in [1.82, 2.24) is 4.57 Å². The first-order valence-electron chi connectivity index (χ1n) is 21.2. The minimum Gasteiger partial charge on any atom is -0.455 e. The standard InChI is InChI=1S/C58H40N2O/c1-2-19-40-38-41(37-36-39(40)18-1)42-20-3-10-29-51(42)59(56-34-15-8-25-47(56)49-27-17-28-50-48-26-9-16-35-57(48)61-58(49)50)52-30-11-4-21-43(52)44-22-5-12-31-53(44)60-54-32-13-6-23-45(54)46-24-7-14-33-55(46)60/h1-6,8-23,25-38H,7,24H2. The minimum absolute atomic E-state index is 0.884. The molecule has 0 bridgehead atoms. The second kappa shape index (κ2) is 14.4. The average Bonchev–Trinajstić information content (AvgIpc) is 3.88. The molecule has 0 radical (unpaired) electrons. The van der Waals surface area contributed by atoms with Gasteiger partial charge in [0.1, 0.15) is 11.2 Å². The Labute approximate surface area is 354 Å². The summed E-state index contributed by atoms with van der Waals surface area (Å²) in [5.41, 5.74) is 16.8. The maximum absolute atomic E-state index is 6.72. The minimum atomic E-state index is 0.884. The summed E-state index contributed by atoms with van der Waals surface area (Å²) in [6.45, 7) is 0. The van der Waals surface area contributed by atoms with Gasteiger partial charge in [-0.05, 0) is 83.3 Å². The third-order valence-corrected chi connectivity index (χ3v) is 12.5. The second-order valence-corrected chi connectivity index (χ2v) is 15.9. The fourth-order valence-corrected chi connectivity index (χ4v) is 9.75. The number of aromatic nitrogens is 1. The van der Waals surface area contributed by atoms with Gasteiger partial charge in [-0.1, -0.05) is 170 Å². The summed E-state index contributed by atoms with van der Waals surface area (Å²) in [7, 11) is 0. The Morgan fingerprint density at radius 1 is 0.443 bits per heavy atom. The van der Waals surface area contributed by atoms with Crippen LogP contribution >= 0.6 is 0 Å². The molecule has 0 saturated heterocycles. The number of furan rings is 1. The van der Waals surface area contributed by atoms with Gasteiger partial charge in [0.2, 0.25) is 0 Å². The van der Waals surface area contributed by atoms with Crippen molar-refractivity contribution in [1.29, 1.82) is 0 Å². The summed E-state index contributed by atoms with van der Waals surface area (Å²) in [4.78, 5) is 2.48. The molecule has 12 rings (SSSR count). The third kappa shape index (κ3) is 5.73. The van der Waals surface area contributed by atoms with Crippen LogP contribution in [0.2, 0.25) is 0 Å². The van der Waals surface area contributed by atoms with Gasteiger partial charge in [0, 0.05) is 49.7 Å². The van der Waals surface area contributed by atoms with Crippen molar-refractivity contribution in [2.24, 2.45) is 0 Å². The van der Waals surface area contributed by atoms with Crippen molar-refractivity contribution in [2.75, 3.05) is 4.90 Å². The summed E-state index contributed by atoms with van der Waals surface area (Å²) < 4.78 is 9.20. The van der Waals surface area contributed by atoms with E-state index in [1.54, 1.807) is 0 Å². The maximum atomic E-state index is 6.72. The van der Waals surface area contributed by atoms with Gasteiger partial charge in [0.05, 0.1) is 28.3 Å². The number of fused-ring (bicyclic) bond motifs is 7. The van der Waals surface area contributed by atoms with Gasteiger partial charge in [-0.25, -0.2) is 0 Å². The fraction of sp³-hybridized carbons (Fsp3) is 0.0345. The smallest absolute Gasteiger partial charge is 0.143 e. The van der Waals surface area contributed by atoms with Gasteiger partial charge in [-0.3, -0.25) is 0 Å². The van der Waals surface area contributed by atoms with Gasteiger partial charge in [0.15, 0.2) is 0 Å². The van der Waals surface area contributed by atoms with Crippen molar-refractivity contribution in [2.45, 2.75) is 12.8 Å². The zero-order chi connectivity index (χ0) is 40.3. The number of anilines is 3. The van der Waals surface area contributed by atoms with Gasteiger partial charge in [-0.15, -0.1) is 0 Å². The van der Waals surface area contributed by atoms with Crippen LogP contribution in [0.3, 0.4) is 0 Å². The summed E-state index contributed by atoms with van der Waals surface area (Å²) in [6.07, 6.45) is 6.73. The van der Waals surface area contributed by atoms with E-state index in [2.05, 4.69) is 222 Å². The van der Waals surface area contributed by atoms with Crippen LogP contribution in [0.1, 0.15) is 17.7 Å². The molecule has 3 heteroatoms. The highest BCUT2D eigenvalue weighted by molar-refractivity contribution is 6.11. The molecule has 9 aromatic carbocycles. The Balaban J connectivity index is 1.14. The van der Waals surface area contributed by atoms with Crippen LogP contribution in [0, 0.1) is 0 Å². The van der Waals surface area contributed by atoms with Crippen LogP contribution < -0.4 is 4.90 Å². The lowest BCUT2D eigenvalue weighted by atomic mass is 9.94. The van der Waals surface area contributed by atoms with Crippen LogP contribution in [-0.2, 0) is 6.42 Å². The van der Waals surface area contributed by atoms with E-state index >= 15 is 0 Å². The van der Waals surface area contributed by atoms with Crippen molar-refractivity contribution in [3.05, 3.63) is 224 Å². The van der Waals surface area contributed by atoms with E-state index in [4.69, 9.17) is 4.42 Å². The number of nitrogens with zero attached hydrogens (tertiary/aromatic N) is 2. The second-order valence-electron chi connectivity index (χ2n) is 15.9. The third-order valence-electron chi connectivity index (χ3n) is 12.5. The zero-order valence-corrected chi connectivity index (χ0v) is 33.5. The average molecular weight is 781 g/mol. The van der Waals surface area contributed by atoms with E-state index in [9.17, 15) is 0 Å². The number of benzene rings is 9. The number of hydrogen-bond acceptors (Lipinski definition) is 2. The van der Waals surface area contributed by atoms with Crippen LogP contribution in [0.15, 0.2) is 217 Å². The molecule has 2 aromatic heterocycles. The Kier molecular flexibility index (Phi) is 8.31. The van der Waals surface area contributed by atoms with E-state index in [0.717, 1.165) is 90.9 Å². The van der Waals surface area contributed by atoms with E-state index in [1.165, 1.54) is 32.9 Å². The molecule has 0 N–H and O–H groups in total. The van der Waals surface area contributed by atoms with Gasteiger partial charge < -0.3 is 13.9 Å². The van der Waals surface area contributed by atoms with Gasteiger partial charge in [0.25, 0.3) is 0 Å². The Morgan fingerprint density at radius 3 is 1.85 bits per heavy atom. The highest BCUT2D eigenvalue weighted by Gasteiger charge is 2.26. The summed E-state index contributed by atoms with van der Waals surface area (Å²) in [6, 6.07) is 74.7. The van der Waals surface area contributed by atoms with Crippen molar-refractivity contribution >= 4 is 66.8 Å². The highest BCUT2D eigenvalue weighted by atomic mass is 16.3. The molecule has 288 valence electrons. The summed E-state index contributed by atoms with van der Waals surface area (Å²) in [5, 5.41) is 5.98. The number of rotatable bonds is 7. The van der Waals surface area contributed by atoms with Gasteiger partial charge >= 0.3 is 0 Å². The topological polar surface area (TPSA) is 21.3 Å². The van der Waals surface area contributed by atoms with Gasteiger partial charge in [-0.2, -0.15) is 0 Å². The lowest BCUT2D eigenvalue weighted by Crippen LogP contribution is -2.14. The predicted molar refractivity (Wildman–Crippen MR) is 256 cm³/mol. The largest absolute Gasteiger partial charge is 0.455 e. The molecule has 3 nitrogen and oxygen atoms in total. The molecular formula is C58H40N2O. The number of para-hydroxylation sites is 7. The summed E-state index contributed by atoms with van der Waals surface area (Å²) in [5.74, 6) is 0. The lowest BCUT2D eigenvalue weighted by molar-refractivity contribution is 0.670. The molecule has 1 aliphatic carbocycles. The number of hydrogen-bond donors (Lipinski definition) is 0. The number of aryl methyl sites for hydroxylation is 1. The van der Waals surface area contributed by atoms with Crippen molar-refractivity contribution < 1.29 is 4.42 Å². The van der Waals surface area contributed by atoms with Crippen LogP contribution in [0.5, 0.6) is 0 Å². The predicted octanol–water partition coefficient (Wildman–Crippen LogP) is 16.1. The molecule has 61 heavy (non-hydrogen) atoms. The molecule has 0 fully saturated rings. The molecule has 2 heterocycles. The normalized spacial score (nSPS) is 12.4. The van der Waals surface area contributed by atoms with E-state index < -0.39 is 0 Å². The Bertz CT molecular complexity index is 3510. The summed E-state index contributed by atoms with van der Waals surface area (Å²) >= 11 is 0. The monoisotopic (exact) mass is 780 g/mol. The first-order chi connectivity index (χ1) is 30.3. The first kappa shape index (κ1) is 35.1. The van der Waals surface area contributed by atoms with E-state index in [-0.39, 0.29) is 0 Å². The van der Waals surface area contributed by atoms with Crippen LogP contribution in [0.4, 0.5) is 17.1 Å². The van der Waals surface area contributed by atoms with Crippen LogP contribution in [0.25, 0.3) is 88.8 Å². The molecule has 1 aliphatic rings. The first-order valence-corrected chi connectivity index (χ1v) is 21.2. The maximum Gasteiger partial charge on any atom is 0.143 e. The number of allylic oxidation sites excluding steroid dienone is 1. The Hall–Kier alpha value is -7.88. The van der Waals surface area contributed by atoms with E-state index in [1.807, 2.05) is 6.07 Å². The SMILES string of the molecule is C1=Cc2c(c3ccccc3n2-c2ccccc2-c2ccccc2N(c2ccccc2-c2ccc3ccccc3c2)c2ccccc2-c2cccc3c2oc2ccccc23)CC1. The molecular weight excluding hydrogens is 741 g/mol. The molecule has 0 amide bonds. The van der Waals surface area contributed by atoms with Crippen molar-refractivity contribution in [3.63, 3.8) is 0 Å². The highest BCUT2D eigenvalue weighted by Crippen LogP contribution is 2.50. The Morgan fingerprint density at radius 2 is 1.03 bits per heavy atom. The molecule has 0 saturated carbocycles. The fourth-order valence-electron chi connectivity index (χ4n) is 9.75. The molecule has 11 aromatic rings. The van der Waals surface area contributed by atoms with E-state index in [0.29, 0.717) is 0 Å². The van der Waals surface area contributed by atoms with Crippen LogP contribution in [-0.4, -0.2) is 4.57 Å². The zero-order valence-electron chi connectivity index (χ0n) is 33.5. The molecule has 0 aliphatic heterocycles. The lowest BCUT2D eigenvalue weighted by Gasteiger charge is -2.32. The quantitative estimate of drug-likeness (QED) is 0.161. The molecule has 0 unspecified atom stereocenters. The molecule has 0 spiro atoms. The van der Waals surface area contributed by atoms with Crippen molar-refractivity contribution in [3.8, 4) is 39.1 Å². The molecule has 0 atom stereocenters.